The Morgan fingerprint density at radius 1 is 0.439 bits per heavy atom. The molecule has 9 rings (SSSR count). The number of hydrogen-bond donors (Lipinski definition) is 0. The van der Waals surface area contributed by atoms with Crippen LogP contribution in [0, 0.1) is 0 Å². The number of hydrogen-bond acceptors (Lipinski definition) is 7. The Labute approximate surface area is 234 Å². The van der Waals surface area contributed by atoms with Crippen LogP contribution < -0.4 is 19.3 Å². The largest absolute Gasteiger partial charge is 0.456 e. The fourth-order valence-corrected chi connectivity index (χ4v) is 5.69. The van der Waals surface area contributed by atoms with Crippen LogP contribution in [0.2, 0.25) is 0 Å². The molecule has 0 radical (unpaired) electrons. The summed E-state index contributed by atoms with van der Waals surface area (Å²) in [5.74, 6) is 4.58. The molecule has 7 heteroatoms. The first-order valence-electron chi connectivity index (χ1n) is 13.3. The summed E-state index contributed by atoms with van der Waals surface area (Å²) < 4.78 is 18.8. The van der Waals surface area contributed by atoms with Crippen molar-refractivity contribution in [3.8, 4) is 23.0 Å². The minimum absolute atomic E-state index is 0.730. The number of nitrogens with zero attached hydrogens (tertiary/aromatic N) is 4. The monoisotopic (exact) mass is 532 g/mol. The minimum Gasteiger partial charge on any atom is -0.456 e. The molecule has 2 aliphatic rings. The number of rotatable bonds is 2. The standard InChI is InChI=1S/C34H20N4O3/c1-5-13-27-23(9-1)37(24-10-2-6-14-28(24)39-27)33-17-31-21(19-35-33)22-20-36-34(18-32(22)41-31)38-25-11-3-7-15-29(25)40-30-16-8-4-12-26(30)38/h1-20H. The molecule has 4 aromatic carbocycles. The fourth-order valence-electron chi connectivity index (χ4n) is 5.69. The van der Waals surface area contributed by atoms with Crippen LogP contribution in [0.3, 0.4) is 0 Å². The van der Waals surface area contributed by atoms with Gasteiger partial charge in [0.2, 0.25) is 0 Å². The number of para-hydroxylation sites is 8. The topological polar surface area (TPSA) is 63.9 Å². The summed E-state index contributed by atoms with van der Waals surface area (Å²) in [5, 5.41) is 1.81. The van der Waals surface area contributed by atoms with Crippen LogP contribution in [0.25, 0.3) is 21.9 Å². The Balaban J connectivity index is 1.19. The summed E-state index contributed by atoms with van der Waals surface area (Å²) in [6.07, 6.45) is 3.72. The number of aromatic nitrogens is 2. The molecule has 0 aliphatic carbocycles. The maximum Gasteiger partial charge on any atom is 0.151 e. The van der Waals surface area contributed by atoms with Crippen LogP contribution in [0.5, 0.6) is 23.0 Å². The molecule has 0 atom stereocenters. The van der Waals surface area contributed by atoms with E-state index < -0.39 is 0 Å². The van der Waals surface area contributed by atoms with Crippen molar-refractivity contribution in [1.29, 1.82) is 0 Å². The van der Waals surface area contributed by atoms with Crippen LogP contribution >= 0.6 is 0 Å². The first-order chi connectivity index (χ1) is 20.3. The summed E-state index contributed by atoms with van der Waals surface area (Å²) in [7, 11) is 0. The van der Waals surface area contributed by atoms with Crippen molar-refractivity contribution in [3.05, 3.63) is 122 Å². The smallest absolute Gasteiger partial charge is 0.151 e. The van der Waals surface area contributed by atoms with E-state index in [2.05, 4.69) is 9.80 Å². The van der Waals surface area contributed by atoms with E-state index in [1.165, 1.54) is 0 Å². The average Bonchev–Trinajstić information content (AvgIpc) is 3.39. The summed E-state index contributed by atoms with van der Waals surface area (Å²) in [6, 6.07) is 35.8. The lowest BCUT2D eigenvalue weighted by molar-refractivity contribution is 0.476. The van der Waals surface area contributed by atoms with E-state index in [1.54, 1.807) is 0 Å². The fraction of sp³-hybridized carbons (Fsp3) is 0. The first kappa shape index (κ1) is 22.0. The normalized spacial score (nSPS) is 13.2. The molecule has 0 amide bonds. The second-order valence-corrected chi connectivity index (χ2v) is 9.93. The molecule has 0 saturated carbocycles. The van der Waals surface area contributed by atoms with E-state index in [-0.39, 0.29) is 0 Å². The van der Waals surface area contributed by atoms with Gasteiger partial charge in [-0.1, -0.05) is 48.5 Å². The predicted molar refractivity (Wildman–Crippen MR) is 159 cm³/mol. The highest BCUT2D eigenvalue weighted by Crippen LogP contribution is 2.51. The van der Waals surface area contributed by atoms with E-state index in [9.17, 15) is 0 Å². The third-order valence-electron chi connectivity index (χ3n) is 7.54. The van der Waals surface area contributed by atoms with Gasteiger partial charge in [-0.3, -0.25) is 9.80 Å². The molecular weight excluding hydrogens is 512 g/mol. The summed E-state index contributed by atoms with van der Waals surface area (Å²) in [4.78, 5) is 14.0. The number of anilines is 6. The number of fused-ring (bicyclic) bond motifs is 7. The van der Waals surface area contributed by atoms with Crippen molar-refractivity contribution in [3.63, 3.8) is 0 Å². The molecule has 194 valence electrons. The number of ether oxygens (including phenoxy) is 2. The lowest BCUT2D eigenvalue weighted by atomic mass is 10.1. The molecule has 0 bridgehead atoms. The molecule has 5 heterocycles. The Bertz CT molecular complexity index is 1910. The van der Waals surface area contributed by atoms with E-state index in [0.29, 0.717) is 0 Å². The van der Waals surface area contributed by atoms with E-state index in [1.807, 2.05) is 122 Å². The van der Waals surface area contributed by atoms with Gasteiger partial charge in [0.15, 0.2) is 23.0 Å². The third kappa shape index (κ3) is 3.26. The van der Waals surface area contributed by atoms with Crippen molar-refractivity contribution >= 4 is 56.3 Å². The third-order valence-corrected chi connectivity index (χ3v) is 7.54. The molecule has 2 aliphatic heterocycles. The van der Waals surface area contributed by atoms with E-state index in [4.69, 9.17) is 23.9 Å². The second-order valence-electron chi connectivity index (χ2n) is 9.93. The lowest BCUT2D eigenvalue weighted by Gasteiger charge is -2.31. The van der Waals surface area contributed by atoms with Gasteiger partial charge in [0, 0.05) is 35.3 Å². The maximum atomic E-state index is 6.47. The molecule has 0 fully saturated rings. The highest BCUT2D eigenvalue weighted by molar-refractivity contribution is 6.06. The molecule has 0 spiro atoms. The number of furan rings is 1. The summed E-state index contributed by atoms with van der Waals surface area (Å²) in [5.41, 5.74) is 5.14. The van der Waals surface area contributed by atoms with Crippen LogP contribution in [-0.4, -0.2) is 9.97 Å². The Hall–Kier alpha value is -5.82. The van der Waals surface area contributed by atoms with Crippen molar-refractivity contribution in [2.24, 2.45) is 0 Å². The average molecular weight is 533 g/mol. The van der Waals surface area contributed by atoms with Crippen molar-refractivity contribution < 1.29 is 13.9 Å². The maximum absolute atomic E-state index is 6.47. The van der Waals surface area contributed by atoms with Gasteiger partial charge in [-0.05, 0) is 48.5 Å². The zero-order valence-electron chi connectivity index (χ0n) is 21.6. The van der Waals surface area contributed by atoms with Crippen LogP contribution in [0.15, 0.2) is 126 Å². The summed E-state index contributed by atoms with van der Waals surface area (Å²) >= 11 is 0. The molecule has 0 unspecified atom stereocenters. The van der Waals surface area contributed by atoms with E-state index in [0.717, 1.165) is 79.3 Å². The predicted octanol–water partition coefficient (Wildman–Crippen LogP) is 9.53. The number of benzene rings is 4. The molecular formula is C34H20N4O3. The molecule has 7 aromatic rings. The molecule has 0 N–H and O–H groups in total. The number of pyridine rings is 2. The van der Waals surface area contributed by atoms with Gasteiger partial charge in [-0.25, -0.2) is 9.97 Å². The minimum atomic E-state index is 0.730. The highest BCUT2D eigenvalue weighted by atomic mass is 16.5. The molecule has 3 aromatic heterocycles. The van der Waals surface area contributed by atoms with Gasteiger partial charge in [-0.15, -0.1) is 0 Å². The van der Waals surface area contributed by atoms with Crippen molar-refractivity contribution in [1.82, 2.24) is 9.97 Å². The Kier molecular flexibility index (Phi) is 4.48. The van der Waals surface area contributed by atoms with Crippen molar-refractivity contribution in [2.45, 2.75) is 0 Å². The van der Waals surface area contributed by atoms with Gasteiger partial charge in [0.05, 0.1) is 22.7 Å². The molecule has 0 saturated heterocycles. The Morgan fingerprint density at radius 2 is 0.780 bits per heavy atom. The van der Waals surface area contributed by atoms with Gasteiger partial charge in [0.25, 0.3) is 0 Å². The van der Waals surface area contributed by atoms with Gasteiger partial charge in [-0.2, -0.15) is 0 Å². The van der Waals surface area contributed by atoms with Gasteiger partial charge in [0.1, 0.15) is 22.8 Å². The second kappa shape index (κ2) is 8.34. The lowest BCUT2D eigenvalue weighted by Crippen LogP contribution is -2.16. The summed E-state index contributed by atoms with van der Waals surface area (Å²) in [6.45, 7) is 0. The molecule has 7 nitrogen and oxygen atoms in total. The van der Waals surface area contributed by atoms with Crippen molar-refractivity contribution in [2.75, 3.05) is 9.80 Å². The van der Waals surface area contributed by atoms with Crippen LogP contribution in [-0.2, 0) is 0 Å². The zero-order valence-corrected chi connectivity index (χ0v) is 21.6. The molecule has 41 heavy (non-hydrogen) atoms. The van der Waals surface area contributed by atoms with E-state index >= 15 is 0 Å². The first-order valence-corrected chi connectivity index (χ1v) is 13.3. The van der Waals surface area contributed by atoms with Gasteiger partial charge >= 0.3 is 0 Å². The quantitative estimate of drug-likeness (QED) is 0.220. The van der Waals surface area contributed by atoms with Crippen LogP contribution in [0.1, 0.15) is 0 Å². The van der Waals surface area contributed by atoms with Gasteiger partial charge < -0.3 is 13.9 Å². The highest BCUT2D eigenvalue weighted by Gasteiger charge is 2.28. The zero-order chi connectivity index (χ0) is 26.9. The Morgan fingerprint density at radius 3 is 1.15 bits per heavy atom. The SMILES string of the molecule is c1ccc2c(c1)Oc1ccccc1N2c1cc2oc3cc(N4c5ccccc5Oc5ccccc54)ncc3c2cn1. The van der Waals surface area contributed by atoms with Crippen LogP contribution in [0.4, 0.5) is 34.4 Å².